The number of carbonyl (C=O) groups excluding carboxylic acids is 5. The van der Waals surface area contributed by atoms with Gasteiger partial charge in [0.2, 0.25) is 11.8 Å². The van der Waals surface area contributed by atoms with Crippen molar-refractivity contribution in [3.05, 3.63) is 81.6 Å². The van der Waals surface area contributed by atoms with Crippen LogP contribution in [-0.2, 0) is 21.4 Å². The number of pyridine rings is 1. The van der Waals surface area contributed by atoms with E-state index in [1.165, 1.54) is 24.2 Å². The van der Waals surface area contributed by atoms with Gasteiger partial charge in [0.15, 0.2) is 0 Å². The molecule has 2 saturated heterocycles. The predicted molar refractivity (Wildman–Crippen MR) is 225 cm³/mol. The number of nitrogens with zero attached hydrogens (tertiary/aromatic N) is 4. The zero-order valence-electron chi connectivity index (χ0n) is 34.4. The molecule has 62 heavy (non-hydrogen) atoms. The lowest BCUT2D eigenvalue weighted by atomic mass is 9.57. The van der Waals surface area contributed by atoms with Crippen molar-refractivity contribution in [3.63, 3.8) is 0 Å². The van der Waals surface area contributed by atoms with Gasteiger partial charge in [-0.25, -0.2) is 4.98 Å². The summed E-state index contributed by atoms with van der Waals surface area (Å²) >= 11 is 1.52. The molecule has 4 aromatic rings. The molecule has 0 bridgehead atoms. The second-order valence-electron chi connectivity index (χ2n) is 18.4. The number of thiazole rings is 1. The molecule has 5 heterocycles. The number of nitrogens with one attached hydrogen (secondary N) is 3. The third-order valence-electron chi connectivity index (χ3n) is 13.4. The molecule has 2 aliphatic carbocycles. The molecule has 4 fully saturated rings. The molecule has 0 radical (unpaired) electrons. The number of hydrogen-bond donors (Lipinski definition) is 4. The maximum atomic E-state index is 13.6. The number of aliphatic hydroxyl groups is 1. The Morgan fingerprint density at radius 2 is 1.71 bits per heavy atom. The zero-order chi connectivity index (χ0) is 43.7. The standard InChI is InChI=1S/C45H48F3N7O6S/c1-43(2,61)29-17-32-34(18-31(29)51-39(58)37-28(45(46,47)48)6-4-15-50-37)62-40(52-32)26-10-8-24(9-11-26)21-54-22-44(23-54)19-25(20-44)14-16-49-30-7-3-5-27-36(30)42(60)55(41(27)59)33-12-13-35(56)53-38(33)57/h3-7,15,17-18,24-26,33,49,61H,8-14,16,19-23H2,1-2H3,(H,51,58)(H,53,56,57)/t24?,26?,33-/m0/s1. The number of amides is 5. The second kappa shape index (κ2) is 15.8. The fourth-order valence-electron chi connectivity index (χ4n) is 10.5. The average molecular weight is 872 g/mol. The third kappa shape index (κ3) is 7.98. The minimum absolute atomic E-state index is 0.0748. The van der Waals surface area contributed by atoms with Gasteiger partial charge in [0.05, 0.1) is 37.5 Å². The lowest BCUT2D eigenvalue weighted by molar-refractivity contribution is -0.138. The molecular weight excluding hydrogens is 824 g/mol. The number of carbonyl (C=O) groups is 5. The summed E-state index contributed by atoms with van der Waals surface area (Å²) in [5.41, 5.74) is -0.547. The first-order chi connectivity index (χ1) is 29.5. The first kappa shape index (κ1) is 42.1. The Kier molecular flexibility index (Phi) is 10.7. The first-order valence-corrected chi connectivity index (χ1v) is 22.1. The highest BCUT2D eigenvalue weighted by Gasteiger charge is 2.52. The van der Waals surface area contributed by atoms with Crippen LogP contribution in [0.1, 0.15) is 125 Å². The van der Waals surface area contributed by atoms with E-state index in [0.717, 1.165) is 84.7 Å². The lowest BCUT2D eigenvalue weighted by Crippen LogP contribution is -2.63. The summed E-state index contributed by atoms with van der Waals surface area (Å²) in [5.74, 6) is -1.61. The van der Waals surface area contributed by atoms with E-state index in [4.69, 9.17) is 4.98 Å². The summed E-state index contributed by atoms with van der Waals surface area (Å²) in [6.45, 7) is 7.05. The van der Waals surface area contributed by atoms with Crippen LogP contribution in [0.5, 0.6) is 0 Å². The van der Waals surface area contributed by atoms with Crippen molar-refractivity contribution in [2.45, 2.75) is 95.4 Å². The molecule has 5 amide bonds. The molecule has 4 N–H and O–H groups in total. The number of hydrogen-bond acceptors (Lipinski definition) is 11. The molecule has 1 atom stereocenters. The summed E-state index contributed by atoms with van der Waals surface area (Å²) < 4.78 is 41.7. The number of likely N-dealkylation sites (tertiary alicyclic amines) is 1. The third-order valence-corrected chi connectivity index (χ3v) is 14.6. The summed E-state index contributed by atoms with van der Waals surface area (Å²) in [7, 11) is 0. The highest BCUT2D eigenvalue weighted by molar-refractivity contribution is 7.18. The van der Waals surface area contributed by atoms with Crippen LogP contribution in [-0.4, -0.2) is 86.6 Å². The van der Waals surface area contributed by atoms with Gasteiger partial charge in [-0.1, -0.05) is 6.07 Å². The number of fused-ring (bicyclic) bond motifs is 2. The van der Waals surface area contributed by atoms with Crippen LogP contribution in [0.2, 0.25) is 0 Å². The maximum absolute atomic E-state index is 13.6. The van der Waals surface area contributed by atoms with Gasteiger partial charge in [-0.3, -0.25) is 39.2 Å². The highest BCUT2D eigenvalue weighted by atomic mass is 32.1. The highest BCUT2D eigenvalue weighted by Crippen LogP contribution is 2.53. The van der Waals surface area contributed by atoms with E-state index in [2.05, 4.69) is 25.8 Å². The van der Waals surface area contributed by atoms with Crippen LogP contribution in [0.25, 0.3) is 10.2 Å². The quantitative estimate of drug-likeness (QED) is 0.114. The van der Waals surface area contributed by atoms with Gasteiger partial charge in [0.1, 0.15) is 11.7 Å². The topological polar surface area (TPSA) is 174 Å². The molecule has 1 spiro atoms. The van der Waals surface area contributed by atoms with Crippen LogP contribution in [0.3, 0.4) is 0 Å². The molecular formula is C45H48F3N7O6S. The van der Waals surface area contributed by atoms with E-state index in [0.29, 0.717) is 40.6 Å². The molecule has 0 unspecified atom stereocenters. The van der Waals surface area contributed by atoms with Gasteiger partial charge >= 0.3 is 6.18 Å². The van der Waals surface area contributed by atoms with Crippen LogP contribution < -0.4 is 16.0 Å². The number of imide groups is 2. The summed E-state index contributed by atoms with van der Waals surface area (Å²) in [5, 5.41) is 20.2. The van der Waals surface area contributed by atoms with Gasteiger partial charge in [-0.2, -0.15) is 13.2 Å². The molecule has 17 heteroatoms. The minimum atomic E-state index is -4.76. The molecule has 5 aliphatic rings. The van der Waals surface area contributed by atoms with Crippen molar-refractivity contribution in [3.8, 4) is 0 Å². The number of benzene rings is 2. The van der Waals surface area contributed by atoms with Crippen LogP contribution >= 0.6 is 11.3 Å². The Morgan fingerprint density at radius 1 is 0.952 bits per heavy atom. The van der Waals surface area contributed by atoms with Crippen molar-refractivity contribution in [1.29, 1.82) is 0 Å². The summed E-state index contributed by atoms with van der Waals surface area (Å²) in [6, 6.07) is 9.47. The van der Waals surface area contributed by atoms with E-state index in [9.17, 15) is 42.3 Å². The predicted octanol–water partition coefficient (Wildman–Crippen LogP) is 7.08. The maximum Gasteiger partial charge on any atom is 0.418 e. The van der Waals surface area contributed by atoms with Gasteiger partial charge in [-0.15, -0.1) is 11.3 Å². The molecule has 2 saturated carbocycles. The van der Waals surface area contributed by atoms with Crippen molar-refractivity contribution in [2.24, 2.45) is 17.3 Å². The second-order valence-corrected chi connectivity index (χ2v) is 19.4. The summed E-state index contributed by atoms with van der Waals surface area (Å²) in [6.07, 6.45) is 4.03. The zero-order valence-corrected chi connectivity index (χ0v) is 35.3. The fraction of sp³-hybridized carbons (Fsp3) is 0.489. The Balaban J connectivity index is 0.739. The molecule has 9 rings (SSSR count). The van der Waals surface area contributed by atoms with Crippen LogP contribution in [0, 0.1) is 17.3 Å². The van der Waals surface area contributed by atoms with Gasteiger partial charge < -0.3 is 20.6 Å². The van der Waals surface area contributed by atoms with E-state index in [1.807, 2.05) is 0 Å². The Hall–Kier alpha value is -5.26. The summed E-state index contributed by atoms with van der Waals surface area (Å²) in [4.78, 5) is 76.1. The number of anilines is 2. The minimum Gasteiger partial charge on any atom is -0.386 e. The molecule has 2 aromatic heterocycles. The SMILES string of the molecule is CC(C)(O)c1cc2nc(C3CCC(CN4CC5(CC(CCNc6cccc7c6C(=O)N([C@H]6CCC(=O)NC6=O)C7=O)C5)C4)CC3)sc2cc1NC(=O)c1ncccc1C(F)(F)F. The lowest BCUT2D eigenvalue weighted by Gasteiger charge is -2.60. The van der Waals surface area contributed by atoms with E-state index >= 15 is 0 Å². The number of rotatable bonds is 11. The van der Waals surface area contributed by atoms with Crippen molar-refractivity contribution in [2.75, 3.05) is 36.8 Å². The van der Waals surface area contributed by atoms with E-state index in [-0.39, 0.29) is 35.6 Å². The van der Waals surface area contributed by atoms with E-state index in [1.54, 1.807) is 44.2 Å². The van der Waals surface area contributed by atoms with Crippen LogP contribution in [0.4, 0.5) is 24.5 Å². The van der Waals surface area contributed by atoms with Gasteiger partial charge in [-0.05, 0) is 119 Å². The number of alkyl halides is 3. The Morgan fingerprint density at radius 3 is 2.42 bits per heavy atom. The number of halogens is 3. The van der Waals surface area contributed by atoms with Gasteiger partial charge in [0, 0.05) is 61.7 Å². The monoisotopic (exact) mass is 871 g/mol. The Bertz CT molecular complexity index is 2480. The van der Waals surface area contributed by atoms with Crippen LogP contribution in [0.15, 0.2) is 48.7 Å². The molecule has 326 valence electrons. The van der Waals surface area contributed by atoms with Crippen molar-refractivity contribution >= 4 is 62.5 Å². The number of piperidine rings is 1. The molecule has 3 aliphatic heterocycles. The molecule has 13 nitrogen and oxygen atoms in total. The molecule has 2 aromatic carbocycles. The van der Waals surface area contributed by atoms with E-state index < -0.39 is 58.6 Å². The average Bonchev–Trinajstić information content (AvgIpc) is 3.73. The largest absolute Gasteiger partial charge is 0.418 e. The van der Waals surface area contributed by atoms with Crippen molar-refractivity contribution < 1.29 is 42.3 Å². The fourth-order valence-corrected chi connectivity index (χ4v) is 11.6. The number of aromatic nitrogens is 2. The van der Waals surface area contributed by atoms with Gasteiger partial charge in [0.25, 0.3) is 17.7 Å². The smallest absolute Gasteiger partial charge is 0.386 e. The van der Waals surface area contributed by atoms with Crippen molar-refractivity contribution in [1.82, 2.24) is 25.1 Å². The normalized spacial score (nSPS) is 23.0. The Labute approximate surface area is 359 Å². The first-order valence-electron chi connectivity index (χ1n) is 21.3.